The predicted molar refractivity (Wildman–Crippen MR) is 72.0 cm³/mol. The van der Waals surface area contributed by atoms with Gasteiger partial charge >= 0.3 is 0 Å². The van der Waals surface area contributed by atoms with E-state index in [0.717, 1.165) is 54.8 Å². The fraction of sp³-hybridized carbons (Fsp3) is 0.733. The molecule has 19 heavy (non-hydrogen) atoms. The fourth-order valence-corrected chi connectivity index (χ4v) is 3.65. The minimum Gasteiger partial charge on any atom is -0.360 e. The molecule has 2 fully saturated rings. The quantitative estimate of drug-likeness (QED) is 0.841. The molecule has 3 rings (SSSR count). The molecule has 4 nitrogen and oxygen atoms in total. The minimum atomic E-state index is 0.136. The summed E-state index contributed by atoms with van der Waals surface area (Å²) in [5.74, 6) is 2.37. The summed E-state index contributed by atoms with van der Waals surface area (Å²) < 4.78 is 5.31. The van der Waals surface area contributed by atoms with Crippen LogP contribution in [0.4, 0.5) is 0 Å². The highest BCUT2D eigenvalue weighted by atomic mass is 16.5. The van der Waals surface area contributed by atoms with E-state index in [1.807, 2.05) is 11.8 Å². The average molecular weight is 262 g/mol. The molecule has 2 aliphatic rings. The highest BCUT2D eigenvalue weighted by Gasteiger charge is 2.39. The van der Waals surface area contributed by atoms with Gasteiger partial charge in [0.15, 0.2) is 0 Å². The number of hydrogen-bond acceptors (Lipinski definition) is 3. The Kier molecular flexibility index (Phi) is 3.33. The van der Waals surface area contributed by atoms with E-state index in [4.69, 9.17) is 4.52 Å². The van der Waals surface area contributed by atoms with Crippen molar-refractivity contribution in [1.82, 2.24) is 10.1 Å². The second kappa shape index (κ2) is 4.99. The number of carbonyl (C=O) groups excluding carboxylic acids is 1. The molecule has 1 amide bonds. The van der Waals surface area contributed by atoms with Crippen LogP contribution in [-0.4, -0.2) is 29.1 Å². The molecule has 0 spiro atoms. The van der Waals surface area contributed by atoms with Crippen LogP contribution in [0.3, 0.4) is 0 Å². The van der Waals surface area contributed by atoms with Crippen molar-refractivity contribution in [2.24, 2.45) is 11.8 Å². The highest BCUT2D eigenvalue weighted by Crippen LogP contribution is 2.38. The van der Waals surface area contributed by atoms with E-state index in [9.17, 15) is 4.79 Å². The van der Waals surface area contributed by atoms with Gasteiger partial charge in [0.1, 0.15) is 11.3 Å². The summed E-state index contributed by atoms with van der Waals surface area (Å²) in [7, 11) is 0. The Morgan fingerprint density at radius 3 is 2.68 bits per heavy atom. The van der Waals surface area contributed by atoms with E-state index in [1.165, 1.54) is 19.3 Å². The lowest BCUT2D eigenvalue weighted by molar-refractivity contribution is 0.0777. The number of rotatable bonds is 3. The molecule has 2 heterocycles. The second-order valence-corrected chi connectivity index (χ2v) is 5.98. The Bertz CT molecular complexity index is 468. The predicted octanol–water partition coefficient (Wildman–Crippen LogP) is 2.81. The van der Waals surface area contributed by atoms with Gasteiger partial charge in [-0.2, -0.15) is 0 Å². The van der Waals surface area contributed by atoms with Crippen LogP contribution in [-0.2, 0) is 6.42 Å². The molecule has 1 saturated heterocycles. The first-order chi connectivity index (χ1) is 9.20. The number of likely N-dealkylation sites (tertiary alicyclic amines) is 1. The molecule has 0 N–H and O–H groups in total. The molecule has 1 aromatic rings. The molecule has 1 aromatic heterocycles. The normalized spacial score (nSPS) is 25.9. The molecule has 2 atom stereocenters. The summed E-state index contributed by atoms with van der Waals surface area (Å²) in [6.45, 7) is 5.82. The van der Waals surface area contributed by atoms with Crippen molar-refractivity contribution < 1.29 is 9.32 Å². The monoisotopic (exact) mass is 262 g/mol. The molecule has 1 aliphatic carbocycles. The van der Waals surface area contributed by atoms with Crippen LogP contribution in [0.2, 0.25) is 0 Å². The smallest absolute Gasteiger partial charge is 0.259 e. The number of fused-ring (bicyclic) bond motifs is 1. The van der Waals surface area contributed by atoms with Crippen LogP contribution < -0.4 is 0 Å². The van der Waals surface area contributed by atoms with Crippen LogP contribution >= 0.6 is 0 Å². The van der Waals surface area contributed by atoms with Gasteiger partial charge in [0.25, 0.3) is 5.91 Å². The summed E-state index contributed by atoms with van der Waals surface area (Å²) in [6, 6.07) is 0. The van der Waals surface area contributed by atoms with Gasteiger partial charge in [0.05, 0.1) is 5.69 Å². The summed E-state index contributed by atoms with van der Waals surface area (Å²) >= 11 is 0. The van der Waals surface area contributed by atoms with Crippen molar-refractivity contribution in [2.45, 2.75) is 46.0 Å². The Morgan fingerprint density at radius 1 is 1.37 bits per heavy atom. The Labute approximate surface area is 114 Å². The average Bonchev–Trinajstić information content (AvgIpc) is 3.03. The molecule has 104 valence electrons. The molecule has 1 aliphatic heterocycles. The minimum absolute atomic E-state index is 0.136. The standard InChI is InChI=1S/C15H22N2O2/c1-3-5-13-14(10(2)16-19-13)15(18)17-8-11-6-4-7-12(11)9-17/h11-12H,3-9H2,1-2H3/t11-,12+. The Morgan fingerprint density at radius 2 is 2.05 bits per heavy atom. The zero-order valence-electron chi connectivity index (χ0n) is 11.8. The van der Waals surface area contributed by atoms with Gasteiger partial charge in [-0.05, 0) is 38.0 Å². The summed E-state index contributed by atoms with van der Waals surface area (Å²) in [5, 5.41) is 3.98. The van der Waals surface area contributed by atoms with Gasteiger partial charge in [-0.25, -0.2) is 0 Å². The number of amides is 1. The van der Waals surface area contributed by atoms with Gasteiger partial charge in [-0.15, -0.1) is 0 Å². The van der Waals surface area contributed by atoms with Gasteiger partial charge in [0.2, 0.25) is 0 Å². The number of carbonyl (C=O) groups is 1. The molecule has 4 heteroatoms. The molecular formula is C15H22N2O2. The zero-order chi connectivity index (χ0) is 13.4. The summed E-state index contributed by atoms with van der Waals surface area (Å²) in [5.41, 5.74) is 1.47. The number of aromatic nitrogens is 1. The Hall–Kier alpha value is -1.32. The molecule has 0 aromatic carbocycles. The van der Waals surface area contributed by atoms with E-state index >= 15 is 0 Å². The topological polar surface area (TPSA) is 46.3 Å². The van der Waals surface area contributed by atoms with Crippen molar-refractivity contribution in [3.05, 3.63) is 17.0 Å². The van der Waals surface area contributed by atoms with E-state index in [1.54, 1.807) is 0 Å². The maximum Gasteiger partial charge on any atom is 0.259 e. The zero-order valence-corrected chi connectivity index (χ0v) is 11.8. The fourth-order valence-electron chi connectivity index (χ4n) is 3.65. The number of nitrogens with zero attached hydrogens (tertiary/aromatic N) is 2. The molecule has 0 bridgehead atoms. The third-order valence-electron chi connectivity index (χ3n) is 4.64. The first kappa shape index (κ1) is 12.7. The van der Waals surface area contributed by atoms with Crippen LogP contribution in [0.15, 0.2) is 4.52 Å². The van der Waals surface area contributed by atoms with E-state index in [0.29, 0.717) is 0 Å². The van der Waals surface area contributed by atoms with Gasteiger partial charge in [-0.3, -0.25) is 4.79 Å². The Balaban J connectivity index is 1.79. The van der Waals surface area contributed by atoms with Crippen molar-refractivity contribution in [2.75, 3.05) is 13.1 Å². The van der Waals surface area contributed by atoms with E-state index < -0.39 is 0 Å². The molecule has 1 saturated carbocycles. The van der Waals surface area contributed by atoms with E-state index in [-0.39, 0.29) is 5.91 Å². The SMILES string of the molecule is CCCc1onc(C)c1C(=O)N1C[C@H]2CCC[C@H]2C1. The lowest BCUT2D eigenvalue weighted by atomic mass is 10.0. The van der Waals surface area contributed by atoms with Crippen molar-refractivity contribution >= 4 is 5.91 Å². The van der Waals surface area contributed by atoms with Crippen LogP contribution in [0.1, 0.15) is 54.4 Å². The highest BCUT2D eigenvalue weighted by molar-refractivity contribution is 5.96. The molecular weight excluding hydrogens is 240 g/mol. The summed E-state index contributed by atoms with van der Waals surface area (Å²) in [4.78, 5) is 14.7. The van der Waals surface area contributed by atoms with Crippen molar-refractivity contribution in [3.8, 4) is 0 Å². The summed E-state index contributed by atoms with van der Waals surface area (Å²) in [6.07, 6.45) is 5.69. The number of aryl methyl sites for hydroxylation is 2. The molecule has 0 radical (unpaired) electrons. The third kappa shape index (κ3) is 2.17. The maximum absolute atomic E-state index is 12.7. The lowest BCUT2D eigenvalue weighted by Gasteiger charge is -2.17. The maximum atomic E-state index is 12.7. The van der Waals surface area contributed by atoms with Crippen LogP contribution in [0.25, 0.3) is 0 Å². The first-order valence-electron chi connectivity index (χ1n) is 7.45. The van der Waals surface area contributed by atoms with Crippen molar-refractivity contribution in [3.63, 3.8) is 0 Å². The second-order valence-electron chi connectivity index (χ2n) is 5.98. The largest absolute Gasteiger partial charge is 0.360 e. The van der Waals surface area contributed by atoms with Gasteiger partial charge in [-0.1, -0.05) is 18.5 Å². The molecule has 0 unspecified atom stereocenters. The first-order valence-corrected chi connectivity index (χ1v) is 7.45. The van der Waals surface area contributed by atoms with Crippen LogP contribution in [0.5, 0.6) is 0 Å². The third-order valence-corrected chi connectivity index (χ3v) is 4.64. The van der Waals surface area contributed by atoms with Gasteiger partial charge in [0, 0.05) is 19.5 Å². The van der Waals surface area contributed by atoms with Gasteiger partial charge < -0.3 is 9.42 Å². The lowest BCUT2D eigenvalue weighted by Crippen LogP contribution is -2.30. The number of hydrogen-bond donors (Lipinski definition) is 0. The van der Waals surface area contributed by atoms with Crippen molar-refractivity contribution in [1.29, 1.82) is 0 Å². The van der Waals surface area contributed by atoms with Crippen LogP contribution in [0, 0.1) is 18.8 Å². The van der Waals surface area contributed by atoms with E-state index in [2.05, 4.69) is 12.1 Å².